The molecule has 0 spiro atoms. The number of hydrogen-bond donors (Lipinski definition) is 0. The molecule has 0 N–H and O–H groups in total. The highest BCUT2D eigenvalue weighted by Gasteiger charge is 2.40. The van der Waals surface area contributed by atoms with E-state index in [1.54, 1.807) is 0 Å². The van der Waals surface area contributed by atoms with Gasteiger partial charge >= 0.3 is 12.1 Å². The van der Waals surface area contributed by atoms with Gasteiger partial charge in [0, 0.05) is 6.07 Å². The molecule has 0 aliphatic heterocycles. The molecule has 1 aromatic heterocycles. The van der Waals surface area contributed by atoms with Crippen molar-refractivity contribution in [2.45, 2.75) is 26.1 Å². The molecule has 1 heterocycles. The summed E-state index contributed by atoms with van der Waals surface area (Å²) in [7, 11) is 0. The van der Waals surface area contributed by atoms with Gasteiger partial charge in [-0.15, -0.1) is 0 Å². The summed E-state index contributed by atoms with van der Waals surface area (Å²) in [5.74, 6) is -3.63. The van der Waals surface area contributed by atoms with Crippen LogP contribution in [0, 0.1) is 5.82 Å². The van der Waals surface area contributed by atoms with Crippen LogP contribution >= 0.6 is 0 Å². The first-order valence-corrected chi connectivity index (χ1v) is 11.2. The van der Waals surface area contributed by atoms with Crippen LogP contribution in [0.25, 0.3) is 11.0 Å². The highest BCUT2D eigenvalue weighted by atomic mass is 19.4. The number of ether oxygens (including phenoxy) is 3. The van der Waals surface area contributed by atoms with Gasteiger partial charge in [0.1, 0.15) is 29.5 Å². The Morgan fingerprint density at radius 1 is 0.946 bits per heavy atom. The second-order valence-corrected chi connectivity index (χ2v) is 7.92. The molecule has 0 bridgehead atoms. The van der Waals surface area contributed by atoms with Crippen molar-refractivity contribution < 1.29 is 41.0 Å². The van der Waals surface area contributed by atoms with Crippen LogP contribution in [0.3, 0.4) is 0 Å². The van der Waals surface area contributed by atoms with Crippen LogP contribution < -0.4 is 14.9 Å². The van der Waals surface area contributed by atoms with Gasteiger partial charge in [-0.25, -0.2) is 9.18 Å². The van der Waals surface area contributed by atoms with E-state index in [4.69, 9.17) is 18.6 Å². The van der Waals surface area contributed by atoms with Crippen LogP contribution in [0.1, 0.15) is 35.0 Å². The lowest BCUT2D eigenvalue weighted by Gasteiger charge is -2.14. The van der Waals surface area contributed by atoms with Gasteiger partial charge in [0.2, 0.25) is 11.2 Å². The minimum atomic E-state index is -5.04. The monoisotopic (exact) mass is 516 g/mol. The van der Waals surface area contributed by atoms with E-state index in [0.29, 0.717) is 12.0 Å². The number of carbonyl (C=O) groups excluding carboxylic acids is 1. The first-order valence-electron chi connectivity index (χ1n) is 11.2. The quantitative estimate of drug-likeness (QED) is 0.188. The number of alkyl halides is 3. The standard InChI is InChI=1S/C27H20F4O6/c1-2-13-34-26(33)17-5-9-19(10-6-17)36-24-23(32)21-12-11-20(14-22(21)37-25(24)27(29,30)31)35-15-16-3-7-18(28)8-4-16/h3-12,14H,2,13,15H2,1H3. The number of benzene rings is 3. The molecule has 0 saturated heterocycles. The lowest BCUT2D eigenvalue weighted by atomic mass is 10.2. The second-order valence-electron chi connectivity index (χ2n) is 7.92. The number of halogens is 4. The molecule has 0 atom stereocenters. The molecule has 4 aromatic rings. The van der Waals surface area contributed by atoms with E-state index < -0.39 is 34.9 Å². The average Bonchev–Trinajstić information content (AvgIpc) is 2.88. The minimum Gasteiger partial charge on any atom is -0.489 e. The van der Waals surface area contributed by atoms with Crippen LogP contribution in [-0.2, 0) is 17.5 Å². The zero-order chi connectivity index (χ0) is 26.6. The molecule has 0 amide bonds. The fourth-order valence-corrected chi connectivity index (χ4v) is 3.33. The summed E-state index contributed by atoms with van der Waals surface area (Å²) in [6, 6.07) is 14.5. The van der Waals surface area contributed by atoms with Gasteiger partial charge < -0.3 is 18.6 Å². The predicted octanol–water partition coefficient (Wildman–Crippen LogP) is 6.89. The van der Waals surface area contributed by atoms with Crippen LogP contribution in [0.15, 0.2) is 75.9 Å². The Morgan fingerprint density at radius 3 is 2.27 bits per heavy atom. The third-order valence-electron chi connectivity index (χ3n) is 5.15. The molecule has 6 nitrogen and oxygen atoms in total. The second kappa shape index (κ2) is 10.7. The molecule has 0 fully saturated rings. The summed E-state index contributed by atoms with van der Waals surface area (Å²) in [5, 5.41) is -0.156. The van der Waals surface area contributed by atoms with Crippen molar-refractivity contribution in [3.05, 3.63) is 99.7 Å². The van der Waals surface area contributed by atoms with Gasteiger partial charge in [0.25, 0.3) is 5.76 Å². The highest BCUT2D eigenvalue weighted by molar-refractivity contribution is 5.89. The highest BCUT2D eigenvalue weighted by Crippen LogP contribution is 2.38. The average molecular weight is 516 g/mol. The SMILES string of the molecule is CCCOC(=O)c1ccc(Oc2c(C(F)(F)F)oc3cc(OCc4ccc(F)cc4)ccc3c2=O)cc1. The van der Waals surface area contributed by atoms with E-state index in [0.717, 1.165) is 6.07 Å². The van der Waals surface area contributed by atoms with Crippen molar-refractivity contribution >= 4 is 16.9 Å². The molecule has 3 aromatic carbocycles. The maximum atomic E-state index is 13.8. The van der Waals surface area contributed by atoms with Crippen LogP contribution in [0.5, 0.6) is 17.2 Å². The largest absolute Gasteiger partial charge is 0.489 e. The molecule has 4 rings (SSSR count). The molecule has 0 aliphatic rings. The van der Waals surface area contributed by atoms with E-state index in [2.05, 4.69) is 0 Å². The van der Waals surface area contributed by atoms with Crippen molar-refractivity contribution in [2.75, 3.05) is 6.61 Å². The summed E-state index contributed by atoms with van der Waals surface area (Å²) < 4.78 is 75.4. The number of hydrogen-bond acceptors (Lipinski definition) is 6. The van der Waals surface area contributed by atoms with Gasteiger partial charge in [-0.1, -0.05) is 19.1 Å². The lowest BCUT2D eigenvalue weighted by Crippen LogP contribution is -2.15. The molecule has 0 aliphatic carbocycles. The summed E-state index contributed by atoms with van der Waals surface area (Å²) in [6.07, 6.45) is -4.41. The Morgan fingerprint density at radius 2 is 1.62 bits per heavy atom. The first kappa shape index (κ1) is 25.7. The Balaban J connectivity index is 1.63. The molecule has 37 heavy (non-hydrogen) atoms. The summed E-state index contributed by atoms with van der Waals surface area (Å²) >= 11 is 0. The van der Waals surface area contributed by atoms with Crippen molar-refractivity contribution in [3.8, 4) is 17.2 Å². The Hall–Kier alpha value is -4.34. The number of esters is 1. The third kappa shape index (κ3) is 6.08. The Kier molecular flexibility index (Phi) is 7.47. The van der Waals surface area contributed by atoms with E-state index >= 15 is 0 Å². The number of rotatable bonds is 8. The zero-order valence-corrected chi connectivity index (χ0v) is 19.4. The molecular formula is C27H20F4O6. The van der Waals surface area contributed by atoms with E-state index in [1.165, 1.54) is 60.7 Å². The van der Waals surface area contributed by atoms with Crippen LogP contribution in [0.2, 0.25) is 0 Å². The van der Waals surface area contributed by atoms with E-state index in [1.807, 2.05) is 6.92 Å². The first-order chi connectivity index (χ1) is 17.7. The van der Waals surface area contributed by atoms with E-state index in [-0.39, 0.29) is 41.2 Å². The van der Waals surface area contributed by atoms with Crippen molar-refractivity contribution in [2.24, 2.45) is 0 Å². The number of carbonyl (C=O) groups is 1. The fourth-order valence-electron chi connectivity index (χ4n) is 3.33. The van der Waals surface area contributed by atoms with Gasteiger partial charge in [-0.05, 0) is 60.5 Å². The van der Waals surface area contributed by atoms with Crippen LogP contribution in [0.4, 0.5) is 17.6 Å². The van der Waals surface area contributed by atoms with Gasteiger partial charge in [-0.3, -0.25) is 4.79 Å². The maximum Gasteiger partial charge on any atom is 0.453 e. The summed E-state index contributed by atoms with van der Waals surface area (Å²) in [5.41, 5.74) is -0.580. The smallest absolute Gasteiger partial charge is 0.453 e. The van der Waals surface area contributed by atoms with Gasteiger partial charge in [-0.2, -0.15) is 13.2 Å². The predicted molar refractivity (Wildman–Crippen MR) is 125 cm³/mol. The van der Waals surface area contributed by atoms with Gasteiger partial charge in [0.05, 0.1) is 17.6 Å². The zero-order valence-electron chi connectivity index (χ0n) is 19.4. The minimum absolute atomic E-state index is 0.0192. The fraction of sp³-hybridized carbons (Fsp3) is 0.185. The third-order valence-corrected chi connectivity index (χ3v) is 5.15. The molecule has 0 unspecified atom stereocenters. The summed E-state index contributed by atoms with van der Waals surface area (Å²) in [6.45, 7) is 2.08. The molecule has 0 radical (unpaired) electrons. The maximum absolute atomic E-state index is 13.8. The van der Waals surface area contributed by atoms with Crippen molar-refractivity contribution in [1.82, 2.24) is 0 Å². The normalized spacial score (nSPS) is 11.4. The molecular weight excluding hydrogens is 496 g/mol. The topological polar surface area (TPSA) is 75.0 Å². The number of fused-ring (bicyclic) bond motifs is 1. The Bertz CT molecular complexity index is 1460. The van der Waals surface area contributed by atoms with Crippen molar-refractivity contribution in [1.29, 1.82) is 0 Å². The molecule has 0 saturated carbocycles. The molecule has 192 valence electrons. The van der Waals surface area contributed by atoms with Gasteiger partial charge in [0.15, 0.2) is 0 Å². The lowest BCUT2D eigenvalue weighted by molar-refractivity contribution is -0.154. The van der Waals surface area contributed by atoms with Crippen LogP contribution in [-0.4, -0.2) is 12.6 Å². The summed E-state index contributed by atoms with van der Waals surface area (Å²) in [4.78, 5) is 24.9. The molecule has 10 heteroatoms. The van der Waals surface area contributed by atoms with Crippen molar-refractivity contribution in [3.63, 3.8) is 0 Å². The van der Waals surface area contributed by atoms with E-state index in [9.17, 15) is 27.2 Å². The Labute approximate surface area is 208 Å².